The number of phenols is 2. The van der Waals surface area contributed by atoms with E-state index in [-0.39, 0.29) is 133 Å². The van der Waals surface area contributed by atoms with Crippen molar-refractivity contribution in [3.63, 3.8) is 0 Å². The van der Waals surface area contributed by atoms with Gasteiger partial charge in [-0.2, -0.15) is 0 Å². The first kappa shape index (κ1) is 91.5. The van der Waals surface area contributed by atoms with Crippen molar-refractivity contribution >= 4 is 195 Å². The maximum atomic E-state index is 10.5. The number of phenolic OH excluding ortho intramolecular Hbond substituents is 2. The zero-order valence-electron chi connectivity index (χ0n) is 78.7. The molecule has 18 aromatic carbocycles. The summed E-state index contributed by atoms with van der Waals surface area (Å²) in [7, 11) is 14.3. The van der Waals surface area contributed by atoms with Crippen molar-refractivity contribution in [2.75, 3.05) is 14.3 Å². The van der Waals surface area contributed by atoms with E-state index < -0.39 is 18.5 Å². The third-order valence-corrected chi connectivity index (χ3v) is 28.4. The van der Waals surface area contributed by atoms with Crippen molar-refractivity contribution in [2.24, 2.45) is 0 Å². The quantitative estimate of drug-likeness (QED) is 0.0791. The molecule has 3 aliphatic rings. The Kier molecular flexibility index (Phi) is 24.4. The number of hydrogen-bond donors (Lipinski definition) is 2. The molecule has 2 N–H and O–H groups in total. The molecule has 16 heteroatoms. The molecule has 0 saturated heterocycles. The molecule has 648 valence electrons. The summed E-state index contributed by atoms with van der Waals surface area (Å²) in [4.78, 5) is 11.2. The molecule has 0 unspecified atom stereocenters. The minimum atomic E-state index is -1.72. The SMILES string of the molecule is CC1(C)c2cc(O)ccc2-c2cc3cc4c5cc(-c6ccccc6)cc6c7ccc(O)cc7n(c4cc3cc21)c65.CF.Cc1ccc2c(c1)C(C)(C)c1cc3cc4c(cc3cc1-2)c1cc(-c2ccccc2)cc2c3ccc(C)cc3n4c21.Cc1ccc2c(c1)C(C)(C)c1cc3cc4c(cc3cc1-2)c1cc(-c2ccccc2)cc2c3ccc(C)cc3n4c21.O=CO[O-].[2H]CF.[Cl][Al]([Cl])[Cl].[H-].[K+].[K+]. The fourth-order valence-corrected chi connectivity index (χ4v) is 22.4. The number of fused-ring (bicyclic) bond motifs is 30. The van der Waals surface area contributed by atoms with Gasteiger partial charge in [-0.25, -0.2) is 30.1 Å². The summed E-state index contributed by atoms with van der Waals surface area (Å²) < 4.78 is 32.4. The van der Waals surface area contributed by atoms with E-state index in [2.05, 4.69) is 366 Å². The standard InChI is InChI=1S/2C39H29N.C37H25NO2.2CH3F.CH2O3.Al.3ClH.2K.H/c2*1-22-10-12-28-30-16-26-17-31-33-19-25(24-8-6-5-7-9-24)18-32-29-13-11-23(2)15-36(29)40(38(32)33)37(31)21-27(26)20-35(30)39(3,4)34(28)14-22;1-37(2)32-16-23-17-34-29(13-22(23)12-28(32)26-10-8-24(39)18-33(26)37)31-15-21(20-6-4-3-5-7-20)14-30-27-11-9-25(40)19-35(27)38(34)36(30)31;2*1-2;2-1-4-3;;;;;;;/h2*5-21H,1-4H3;3-19,39-40H,1-2H3;2*1H3;1,3H;;3*1H;;;/q;;;;;;+3;;;;2*+1;-1/p-4/i;;;1D;;;;;;;;;. The monoisotopic (exact) mass is 1880 g/mol. The van der Waals surface area contributed by atoms with E-state index >= 15 is 0 Å². The van der Waals surface area contributed by atoms with Gasteiger partial charge in [0.2, 0.25) is 0 Å². The van der Waals surface area contributed by atoms with Crippen LogP contribution in [0.15, 0.2) is 309 Å². The van der Waals surface area contributed by atoms with Crippen LogP contribution in [0.4, 0.5) is 8.78 Å². The van der Waals surface area contributed by atoms with Crippen LogP contribution in [0.3, 0.4) is 0 Å². The summed E-state index contributed by atoms with van der Waals surface area (Å²) in [6.45, 7) is 22.6. The maximum Gasteiger partial charge on any atom is 1.00 e. The summed E-state index contributed by atoms with van der Waals surface area (Å²) in [5.41, 5.74) is 39.8. The number of alkyl halides is 2. The first-order valence-electron chi connectivity index (χ1n) is 44.9. The van der Waals surface area contributed by atoms with Crippen molar-refractivity contribution in [3.8, 4) is 78.3 Å². The van der Waals surface area contributed by atoms with Crippen LogP contribution in [0.5, 0.6) is 11.5 Å². The Labute approximate surface area is 879 Å². The number of aryl methyl sites for hydroxylation is 4. The van der Waals surface area contributed by atoms with E-state index in [1.165, 1.54) is 247 Å². The number of benzene rings is 18. The number of nitrogens with zero attached hydrogens (tertiary/aromatic N) is 3. The van der Waals surface area contributed by atoms with E-state index in [0.717, 1.165) is 22.0 Å². The summed E-state index contributed by atoms with van der Waals surface area (Å²) >= 11 is -1.72. The number of aromatic nitrogens is 3. The number of halogens is 5. The fourth-order valence-electron chi connectivity index (χ4n) is 22.4. The Hall–Kier alpha value is -10.3. The summed E-state index contributed by atoms with van der Waals surface area (Å²) in [6, 6.07) is 114. The molecule has 3 aliphatic carbocycles. The van der Waals surface area contributed by atoms with E-state index in [1.54, 1.807) is 12.1 Å². The Morgan fingerprint density at radius 2 is 0.552 bits per heavy atom. The molecule has 0 radical (unpaired) electrons. The number of aromatic hydroxyl groups is 2. The average Bonchev–Trinajstić information content (AvgIpc) is 1.53. The van der Waals surface area contributed by atoms with Crippen LogP contribution in [0.2, 0.25) is 0 Å². The van der Waals surface area contributed by atoms with Crippen LogP contribution >= 0.6 is 30.1 Å². The molecule has 0 amide bonds. The molecule has 0 saturated carbocycles. The zero-order chi connectivity index (χ0) is 92.4. The molecule has 0 bridgehead atoms. The van der Waals surface area contributed by atoms with Gasteiger partial charge in [-0.15, -0.1) is 0 Å². The van der Waals surface area contributed by atoms with Gasteiger partial charge in [-0.1, -0.05) is 210 Å². The first-order chi connectivity index (χ1) is 64.2. The van der Waals surface area contributed by atoms with E-state index in [4.69, 9.17) is 41.6 Å². The van der Waals surface area contributed by atoms with Crippen molar-refractivity contribution in [1.82, 2.24) is 13.2 Å². The molecule has 6 heterocycles. The maximum absolute atomic E-state index is 10.5. The predicted molar refractivity (Wildman–Crippen MR) is 553 cm³/mol. The number of carbonyl (C=O) groups is 1. The molecular weight excluding hydrogens is 1790 g/mol. The second kappa shape index (κ2) is 35.7. The second-order valence-electron chi connectivity index (χ2n) is 37.1. The van der Waals surface area contributed by atoms with Gasteiger partial charge in [-0.05, 0) is 317 Å². The van der Waals surface area contributed by atoms with Crippen LogP contribution in [-0.2, 0) is 25.9 Å². The molecular formula is C118H91AlCl3F2K2N3O5. The van der Waals surface area contributed by atoms with Gasteiger partial charge in [0.15, 0.2) is 0 Å². The molecule has 134 heavy (non-hydrogen) atoms. The van der Waals surface area contributed by atoms with Gasteiger partial charge in [0, 0.05) is 86.9 Å². The number of rotatable bonds is 4. The molecule has 8 nitrogen and oxygen atoms in total. The van der Waals surface area contributed by atoms with Crippen molar-refractivity contribution in [3.05, 3.63) is 365 Å². The second-order valence-corrected chi connectivity index (χ2v) is 43.5. The average molecular weight is 1880 g/mol. The summed E-state index contributed by atoms with van der Waals surface area (Å²) in [6.07, 6.45) is 0. The summed E-state index contributed by atoms with van der Waals surface area (Å²) in [5.74, 6) is 0.576. The van der Waals surface area contributed by atoms with Crippen LogP contribution < -0.4 is 108 Å². The Balaban J connectivity index is 0.000000126. The molecule has 6 aromatic heterocycles. The minimum Gasteiger partial charge on any atom is -1.00 e. The van der Waals surface area contributed by atoms with Crippen LogP contribution in [-0.4, -0.2) is 55.6 Å². The third-order valence-electron chi connectivity index (χ3n) is 28.4. The smallest absolute Gasteiger partial charge is 1.00 e. The van der Waals surface area contributed by atoms with Crippen molar-refractivity contribution in [1.29, 1.82) is 0 Å². The van der Waals surface area contributed by atoms with Gasteiger partial charge in [0.1, 0.15) is 11.5 Å². The topological polar surface area (TPSA) is 103 Å². The number of hydrogen-bond acceptors (Lipinski definition) is 5. The third kappa shape index (κ3) is 14.9. The van der Waals surface area contributed by atoms with E-state index in [9.17, 15) is 19.0 Å². The van der Waals surface area contributed by atoms with Crippen molar-refractivity contribution < 1.29 is 139 Å². The molecule has 0 spiro atoms. The Morgan fingerprint density at radius 3 is 0.873 bits per heavy atom. The van der Waals surface area contributed by atoms with Crippen LogP contribution in [0, 0.1) is 27.7 Å². The van der Waals surface area contributed by atoms with Gasteiger partial charge in [0.25, 0.3) is 6.47 Å². The number of carbonyl (C=O) groups excluding carboxylic acids is 1. The van der Waals surface area contributed by atoms with Gasteiger partial charge >= 0.3 is 114 Å². The molecule has 27 rings (SSSR count). The molecule has 0 fully saturated rings. The van der Waals surface area contributed by atoms with E-state index in [0.29, 0.717) is 12.9 Å². The predicted octanol–water partition coefficient (Wildman–Crippen LogP) is 25.9. The molecule has 0 aliphatic heterocycles. The first-order valence-corrected chi connectivity index (χ1v) is 49.4. The normalized spacial score (nSPS) is 13.2. The van der Waals surface area contributed by atoms with E-state index in [1.807, 2.05) is 18.2 Å². The van der Waals surface area contributed by atoms with Crippen LogP contribution in [0.25, 0.3) is 213 Å². The van der Waals surface area contributed by atoms with Crippen molar-refractivity contribution in [2.45, 2.75) is 85.5 Å². The minimum absolute atomic E-state index is 0. The Bertz CT molecular complexity index is 8110. The Morgan fingerprint density at radius 1 is 0.313 bits per heavy atom. The zero-order valence-corrected chi connectivity index (χ0v) is 86.3. The van der Waals surface area contributed by atoms with Gasteiger partial charge < -0.3 is 35.0 Å². The molecule has 24 aromatic rings. The fraction of sp³-hybridized carbons (Fsp3) is 0.127. The van der Waals surface area contributed by atoms with Gasteiger partial charge in [0.05, 0.1) is 65.4 Å². The van der Waals surface area contributed by atoms with Crippen LogP contribution in [0.1, 0.15) is 100.0 Å². The molecule has 0 atom stereocenters. The van der Waals surface area contributed by atoms with Gasteiger partial charge in [-0.3, -0.25) is 13.6 Å². The summed E-state index contributed by atoms with van der Waals surface area (Å²) in [5, 5.41) is 52.2. The largest absolute Gasteiger partial charge is 1.00 e.